The summed E-state index contributed by atoms with van der Waals surface area (Å²) in [5.41, 5.74) is 0. The molecule has 0 aliphatic carbocycles. The monoisotopic (exact) mass is 366 g/mol. The molecule has 0 saturated carbocycles. The molecule has 3 rings (SSSR count). The molecule has 0 aromatic heterocycles. The van der Waals surface area contributed by atoms with Gasteiger partial charge in [-0.15, -0.1) is 0 Å². The summed E-state index contributed by atoms with van der Waals surface area (Å²) in [6, 6.07) is 0.358. The zero-order valence-electron chi connectivity index (χ0n) is 13.8. The Balaban J connectivity index is 1.25. The molecule has 0 radical (unpaired) electrons. The first-order valence-corrected chi connectivity index (χ1v) is 9.58. The molecule has 136 valence electrons. The number of imide groups is 1. The fourth-order valence-electron chi connectivity index (χ4n) is 3.32. The lowest BCUT2D eigenvalue weighted by molar-refractivity contribution is -0.137. The zero-order valence-corrected chi connectivity index (χ0v) is 14.6. The summed E-state index contributed by atoms with van der Waals surface area (Å²) in [5, 5.41) is 9.02. The van der Waals surface area contributed by atoms with Gasteiger partial charge in [0.25, 0.3) is 11.8 Å². The van der Waals surface area contributed by atoms with Crippen LogP contribution in [0, 0.1) is 0 Å². The maximum atomic E-state index is 11.8. The molecule has 0 aromatic rings. The number of fused-ring (bicyclic) bond motifs is 1. The van der Waals surface area contributed by atoms with Crippen molar-refractivity contribution >= 4 is 35.5 Å². The Labute approximate surface area is 150 Å². The number of amides is 5. The van der Waals surface area contributed by atoms with Gasteiger partial charge in [0.15, 0.2) is 0 Å². The third kappa shape index (κ3) is 4.33. The van der Waals surface area contributed by atoms with Gasteiger partial charge in [-0.25, -0.2) is 4.79 Å². The third-order valence-electron chi connectivity index (χ3n) is 4.64. The van der Waals surface area contributed by atoms with E-state index >= 15 is 0 Å². The van der Waals surface area contributed by atoms with Gasteiger partial charge >= 0.3 is 6.03 Å². The first-order valence-electron chi connectivity index (χ1n) is 8.53. The van der Waals surface area contributed by atoms with Crippen molar-refractivity contribution in [2.45, 2.75) is 43.0 Å². The molecule has 3 aliphatic heterocycles. The molecule has 0 spiro atoms. The Hall–Kier alpha value is -2.03. The maximum Gasteiger partial charge on any atom is 0.315 e. The Bertz CT molecular complexity index is 591. The van der Waals surface area contributed by atoms with Gasteiger partial charge in [0.05, 0.1) is 12.1 Å². The van der Waals surface area contributed by atoms with E-state index in [-0.39, 0.29) is 48.9 Å². The molecule has 0 bridgehead atoms. The van der Waals surface area contributed by atoms with Crippen LogP contribution in [0.15, 0.2) is 12.2 Å². The van der Waals surface area contributed by atoms with Crippen molar-refractivity contribution in [2.24, 2.45) is 0 Å². The van der Waals surface area contributed by atoms with Crippen LogP contribution < -0.4 is 16.0 Å². The lowest BCUT2D eigenvalue weighted by Gasteiger charge is -2.16. The van der Waals surface area contributed by atoms with Crippen molar-refractivity contribution in [1.29, 1.82) is 0 Å². The second kappa shape index (κ2) is 7.90. The summed E-state index contributed by atoms with van der Waals surface area (Å²) in [4.78, 5) is 47.0. The van der Waals surface area contributed by atoms with E-state index in [0.717, 1.165) is 29.9 Å². The first kappa shape index (κ1) is 17.8. The van der Waals surface area contributed by atoms with E-state index in [1.54, 1.807) is 0 Å². The average molecular weight is 366 g/mol. The maximum absolute atomic E-state index is 11.8. The van der Waals surface area contributed by atoms with Crippen LogP contribution in [0.1, 0.15) is 25.7 Å². The van der Waals surface area contributed by atoms with Crippen molar-refractivity contribution in [3.05, 3.63) is 12.2 Å². The number of thioether (sulfide) groups is 1. The summed E-state index contributed by atoms with van der Waals surface area (Å²) in [7, 11) is 0. The average Bonchev–Trinajstić information content (AvgIpc) is 3.21. The van der Waals surface area contributed by atoms with E-state index in [9.17, 15) is 19.2 Å². The van der Waals surface area contributed by atoms with Gasteiger partial charge in [0.1, 0.15) is 0 Å². The van der Waals surface area contributed by atoms with Crippen molar-refractivity contribution in [2.75, 3.05) is 18.8 Å². The standard InChI is InChI=1S/C16H22N4O4S/c21-12(17-7-8-20-13(22)5-6-14(20)23)4-2-1-3-11-15-10(9-25-11)18-16(24)19-15/h5-6,10-11,15H,1-4,7-9H2,(H,17,21)(H2,18,19,24)/t10-,11+,15+/m1/s1. The van der Waals surface area contributed by atoms with Crippen LogP contribution >= 0.6 is 11.8 Å². The molecule has 3 heterocycles. The largest absolute Gasteiger partial charge is 0.354 e. The predicted octanol–water partition coefficient (Wildman–Crippen LogP) is -0.247. The quantitative estimate of drug-likeness (QED) is 0.312. The molecule has 3 atom stereocenters. The number of hydrogen-bond donors (Lipinski definition) is 3. The number of unbranched alkanes of at least 4 members (excludes halogenated alkanes) is 1. The fraction of sp³-hybridized carbons (Fsp3) is 0.625. The summed E-state index contributed by atoms with van der Waals surface area (Å²) in [5.74, 6) is 0.206. The minimum absolute atomic E-state index is 0.0696. The van der Waals surface area contributed by atoms with Gasteiger partial charge in [0.2, 0.25) is 5.91 Å². The highest BCUT2D eigenvalue weighted by Crippen LogP contribution is 2.33. The van der Waals surface area contributed by atoms with E-state index in [0.29, 0.717) is 11.7 Å². The molecule has 3 N–H and O–H groups in total. The predicted molar refractivity (Wildman–Crippen MR) is 92.8 cm³/mol. The topological polar surface area (TPSA) is 108 Å². The van der Waals surface area contributed by atoms with Crippen molar-refractivity contribution < 1.29 is 19.2 Å². The lowest BCUT2D eigenvalue weighted by Crippen LogP contribution is -2.38. The summed E-state index contributed by atoms with van der Waals surface area (Å²) >= 11 is 1.87. The Morgan fingerprint density at radius 1 is 1.20 bits per heavy atom. The van der Waals surface area contributed by atoms with Crippen LogP contribution in [0.25, 0.3) is 0 Å². The number of carbonyl (C=O) groups is 4. The molecule has 2 fully saturated rings. The molecule has 3 aliphatic rings. The van der Waals surface area contributed by atoms with Gasteiger partial charge < -0.3 is 16.0 Å². The van der Waals surface area contributed by atoms with Crippen molar-refractivity contribution in [1.82, 2.24) is 20.9 Å². The molecule has 5 amide bonds. The number of nitrogens with one attached hydrogen (secondary N) is 3. The second-order valence-electron chi connectivity index (χ2n) is 6.38. The van der Waals surface area contributed by atoms with E-state index in [1.165, 1.54) is 12.2 Å². The van der Waals surface area contributed by atoms with Gasteiger partial charge in [-0.05, 0) is 12.8 Å². The highest BCUT2D eigenvalue weighted by molar-refractivity contribution is 8.00. The van der Waals surface area contributed by atoms with E-state index in [4.69, 9.17) is 0 Å². The van der Waals surface area contributed by atoms with Crippen LogP contribution in [0.4, 0.5) is 4.79 Å². The minimum atomic E-state index is -0.333. The molecule has 25 heavy (non-hydrogen) atoms. The third-order valence-corrected chi connectivity index (χ3v) is 6.15. The van der Waals surface area contributed by atoms with Crippen LogP contribution in [-0.4, -0.2) is 64.8 Å². The summed E-state index contributed by atoms with van der Waals surface area (Å²) in [6.07, 6.45) is 5.58. The van der Waals surface area contributed by atoms with Crippen molar-refractivity contribution in [3.8, 4) is 0 Å². The van der Waals surface area contributed by atoms with E-state index in [2.05, 4.69) is 16.0 Å². The second-order valence-corrected chi connectivity index (χ2v) is 7.65. The number of urea groups is 1. The zero-order chi connectivity index (χ0) is 17.8. The molecule has 2 saturated heterocycles. The SMILES string of the molecule is O=C(CCCC[C@@H]1SC[C@H]2NC(=O)N[C@H]12)NCCN1C(=O)C=CC1=O. The summed E-state index contributed by atoms with van der Waals surface area (Å²) in [6.45, 7) is 0.475. The van der Waals surface area contributed by atoms with Gasteiger partial charge in [-0.1, -0.05) is 6.42 Å². The van der Waals surface area contributed by atoms with Crippen LogP contribution in [0.3, 0.4) is 0 Å². The molecular weight excluding hydrogens is 344 g/mol. The molecule has 9 heteroatoms. The Kier molecular flexibility index (Phi) is 5.62. The van der Waals surface area contributed by atoms with Gasteiger partial charge in [-0.2, -0.15) is 11.8 Å². The molecular formula is C16H22N4O4S. The van der Waals surface area contributed by atoms with Crippen LogP contribution in [0.5, 0.6) is 0 Å². The van der Waals surface area contributed by atoms with E-state index < -0.39 is 0 Å². The number of nitrogens with zero attached hydrogens (tertiary/aromatic N) is 1. The van der Waals surface area contributed by atoms with Crippen LogP contribution in [-0.2, 0) is 14.4 Å². The Morgan fingerprint density at radius 3 is 2.72 bits per heavy atom. The van der Waals surface area contributed by atoms with Crippen LogP contribution in [0.2, 0.25) is 0 Å². The molecule has 0 unspecified atom stereocenters. The smallest absolute Gasteiger partial charge is 0.315 e. The molecule has 8 nitrogen and oxygen atoms in total. The van der Waals surface area contributed by atoms with E-state index in [1.807, 2.05) is 11.8 Å². The summed E-state index contributed by atoms with van der Waals surface area (Å²) < 4.78 is 0. The number of carbonyl (C=O) groups excluding carboxylic acids is 4. The Morgan fingerprint density at radius 2 is 1.96 bits per heavy atom. The lowest BCUT2D eigenvalue weighted by atomic mass is 10.0. The van der Waals surface area contributed by atoms with Gasteiger partial charge in [0, 0.05) is 42.7 Å². The van der Waals surface area contributed by atoms with Crippen molar-refractivity contribution in [3.63, 3.8) is 0 Å². The highest BCUT2D eigenvalue weighted by atomic mass is 32.2. The first-order chi connectivity index (χ1) is 12.0. The normalized spacial score (nSPS) is 27.4. The highest BCUT2D eigenvalue weighted by Gasteiger charge is 2.42. The molecule has 0 aromatic carbocycles. The van der Waals surface area contributed by atoms with Gasteiger partial charge in [-0.3, -0.25) is 19.3 Å². The minimum Gasteiger partial charge on any atom is -0.354 e. The number of rotatable bonds is 8. The fourth-order valence-corrected chi connectivity index (χ4v) is 4.86. The number of hydrogen-bond acceptors (Lipinski definition) is 5.